The molecule has 0 fully saturated rings. The minimum Gasteiger partial charge on any atom is -0.496 e. The lowest BCUT2D eigenvalue weighted by molar-refractivity contribution is 0.0922. The van der Waals surface area contributed by atoms with Crippen LogP contribution in [0.15, 0.2) is 34.9 Å². The maximum absolute atomic E-state index is 11.9. The normalized spacial score (nSPS) is 10.0. The zero-order valence-corrected chi connectivity index (χ0v) is 12.1. The van der Waals surface area contributed by atoms with Crippen LogP contribution in [0.25, 0.3) is 0 Å². The van der Waals surface area contributed by atoms with Crippen molar-refractivity contribution in [3.63, 3.8) is 0 Å². The second-order valence-electron chi connectivity index (χ2n) is 4.17. The molecule has 6 heteroatoms. The Labute approximate surface area is 122 Å². The van der Waals surface area contributed by atoms with E-state index in [1.807, 2.05) is 0 Å². The third-order valence-electron chi connectivity index (χ3n) is 2.99. The highest BCUT2D eigenvalue weighted by molar-refractivity contribution is 5.91. The van der Waals surface area contributed by atoms with Gasteiger partial charge >= 0.3 is 0 Å². The van der Waals surface area contributed by atoms with Crippen LogP contribution in [0.1, 0.15) is 16.1 Å². The number of furan rings is 1. The molecule has 1 heterocycles. The van der Waals surface area contributed by atoms with Crippen molar-refractivity contribution in [1.29, 1.82) is 0 Å². The van der Waals surface area contributed by atoms with Crippen LogP contribution >= 0.6 is 0 Å². The van der Waals surface area contributed by atoms with Crippen LogP contribution in [0.2, 0.25) is 0 Å². The maximum atomic E-state index is 11.9. The van der Waals surface area contributed by atoms with Crippen molar-refractivity contribution in [3.05, 3.63) is 41.9 Å². The van der Waals surface area contributed by atoms with Gasteiger partial charge in [-0.15, -0.1) is 0 Å². The summed E-state index contributed by atoms with van der Waals surface area (Å²) >= 11 is 0. The van der Waals surface area contributed by atoms with Gasteiger partial charge in [-0.3, -0.25) is 4.79 Å². The minimum atomic E-state index is -0.306. The van der Waals surface area contributed by atoms with E-state index in [0.29, 0.717) is 17.2 Å². The molecule has 6 nitrogen and oxygen atoms in total. The van der Waals surface area contributed by atoms with Gasteiger partial charge in [-0.25, -0.2) is 0 Å². The smallest absolute Gasteiger partial charge is 0.287 e. The van der Waals surface area contributed by atoms with E-state index >= 15 is 0 Å². The van der Waals surface area contributed by atoms with E-state index < -0.39 is 0 Å². The summed E-state index contributed by atoms with van der Waals surface area (Å²) in [6.45, 7) is 0.246. The molecule has 0 aliphatic heterocycles. The van der Waals surface area contributed by atoms with Gasteiger partial charge in [-0.2, -0.15) is 0 Å². The van der Waals surface area contributed by atoms with Crippen molar-refractivity contribution in [1.82, 2.24) is 5.32 Å². The Morgan fingerprint density at radius 1 is 1.14 bits per heavy atom. The number of ether oxygens (including phenoxy) is 3. The topological polar surface area (TPSA) is 69.9 Å². The second-order valence-corrected chi connectivity index (χ2v) is 4.17. The summed E-state index contributed by atoms with van der Waals surface area (Å²) in [6.07, 6.45) is 1.45. The first-order chi connectivity index (χ1) is 10.2. The number of rotatable bonds is 6. The Balaban J connectivity index is 2.20. The van der Waals surface area contributed by atoms with E-state index in [9.17, 15) is 4.79 Å². The summed E-state index contributed by atoms with van der Waals surface area (Å²) in [5, 5.41) is 2.75. The number of carbonyl (C=O) groups is 1. The van der Waals surface area contributed by atoms with E-state index in [1.165, 1.54) is 6.26 Å². The van der Waals surface area contributed by atoms with Crippen molar-refractivity contribution in [2.75, 3.05) is 21.3 Å². The van der Waals surface area contributed by atoms with E-state index in [0.717, 1.165) is 5.56 Å². The first-order valence-electron chi connectivity index (χ1n) is 6.30. The summed E-state index contributed by atoms with van der Waals surface area (Å²) < 4.78 is 20.9. The monoisotopic (exact) mass is 291 g/mol. The number of nitrogens with one attached hydrogen (secondary N) is 1. The summed E-state index contributed by atoms with van der Waals surface area (Å²) in [4.78, 5) is 11.9. The fourth-order valence-electron chi connectivity index (χ4n) is 1.92. The van der Waals surface area contributed by atoms with Gasteiger partial charge in [-0.05, 0) is 12.1 Å². The molecule has 0 atom stereocenters. The van der Waals surface area contributed by atoms with Crippen molar-refractivity contribution in [2.24, 2.45) is 0 Å². The SMILES string of the molecule is COc1cc(OC)c(CNC(=O)c2ccco2)c(OC)c1. The molecule has 1 aromatic heterocycles. The number of hydrogen-bond acceptors (Lipinski definition) is 5. The molecular formula is C15H17NO5. The highest BCUT2D eigenvalue weighted by Gasteiger charge is 2.15. The quantitative estimate of drug-likeness (QED) is 0.884. The van der Waals surface area contributed by atoms with Crippen molar-refractivity contribution in [2.45, 2.75) is 6.54 Å². The second kappa shape index (κ2) is 6.69. The van der Waals surface area contributed by atoms with Gasteiger partial charge in [0.25, 0.3) is 5.91 Å². The van der Waals surface area contributed by atoms with E-state index in [2.05, 4.69) is 5.32 Å². The van der Waals surface area contributed by atoms with Gasteiger partial charge in [0.2, 0.25) is 0 Å². The molecule has 0 radical (unpaired) electrons. The Bertz CT molecular complexity index is 582. The molecule has 0 bridgehead atoms. The van der Waals surface area contributed by atoms with Gasteiger partial charge in [0.1, 0.15) is 17.2 Å². The molecule has 2 rings (SSSR count). The van der Waals surface area contributed by atoms with Crippen molar-refractivity contribution < 1.29 is 23.4 Å². The molecule has 1 aromatic carbocycles. The molecule has 2 aromatic rings. The summed E-state index contributed by atoms with van der Waals surface area (Å²) in [5.41, 5.74) is 0.723. The Morgan fingerprint density at radius 3 is 2.29 bits per heavy atom. The molecule has 0 aliphatic rings. The van der Waals surface area contributed by atoms with Crippen LogP contribution in [-0.2, 0) is 6.54 Å². The van der Waals surface area contributed by atoms with Gasteiger partial charge in [0.05, 0.1) is 39.7 Å². The van der Waals surface area contributed by atoms with Crippen molar-refractivity contribution >= 4 is 5.91 Å². The molecule has 1 N–H and O–H groups in total. The van der Waals surface area contributed by atoms with Gasteiger partial charge < -0.3 is 23.9 Å². The van der Waals surface area contributed by atoms with Gasteiger partial charge in [-0.1, -0.05) is 0 Å². The minimum absolute atomic E-state index is 0.246. The zero-order valence-electron chi connectivity index (χ0n) is 12.1. The van der Waals surface area contributed by atoms with E-state index in [1.54, 1.807) is 45.6 Å². The number of benzene rings is 1. The van der Waals surface area contributed by atoms with Crippen LogP contribution in [0.5, 0.6) is 17.2 Å². The molecule has 21 heavy (non-hydrogen) atoms. The standard InChI is InChI=1S/C15H17NO5/c1-18-10-7-13(19-2)11(14(8-10)20-3)9-16-15(17)12-5-4-6-21-12/h4-8H,9H2,1-3H3,(H,16,17). The van der Waals surface area contributed by atoms with E-state index in [-0.39, 0.29) is 18.2 Å². The molecule has 0 unspecified atom stereocenters. The first-order valence-corrected chi connectivity index (χ1v) is 6.30. The van der Waals surface area contributed by atoms with Crippen molar-refractivity contribution in [3.8, 4) is 17.2 Å². The summed E-state index contributed by atoms with van der Waals surface area (Å²) in [7, 11) is 4.66. The maximum Gasteiger partial charge on any atom is 0.287 e. The number of hydrogen-bond donors (Lipinski definition) is 1. The van der Waals surface area contributed by atoms with E-state index in [4.69, 9.17) is 18.6 Å². The highest BCUT2D eigenvalue weighted by atomic mass is 16.5. The van der Waals surface area contributed by atoms with Crippen LogP contribution in [0.3, 0.4) is 0 Å². The average molecular weight is 291 g/mol. The Kier molecular flexibility index (Phi) is 4.71. The number of methoxy groups -OCH3 is 3. The average Bonchev–Trinajstić information content (AvgIpc) is 3.06. The fourth-order valence-corrected chi connectivity index (χ4v) is 1.92. The third-order valence-corrected chi connectivity index (χ3v) is 2.99. The lowest BCUT2D eigenvalue weighted by atomic mass is 10.1. The number of amides is 1. The molecule has 112 valence electrons. The Hall–Kier alpha value is -2.63. The molecule has 0 spiro atoms. The fraction of sp³-hybridized carbons (Fsp3) is 0.267. The van der Waals surface area contributed by atoms with Crippen LogP contribution in [0.4, 0.5) is 0 Å². The molecule has 0 saturated carbocycles. The molecular weight excluding hydrogens is 274 g/mol. The predicted molar refractivity (Wildman–Crippen MR) is 76.0 cm³/mol. The summed E-state index contributed by atoms with van der Waals surface area (Å²) in [5.74, 6) is 1.71. The third kappa shape index (κ3) is 3.28. The van der Waals surface area contributed by atoms with Crippen LogP contribution in [-0.4, -0.2) is 27.2 Å². The highest BCUT2D eigenvalue weighted by Crippen LogP contribution is 2.33. The molecule has 0 saturated heterocycles. The lowest BCUT2D eigenvalue weighted by Gasteiger charge is -2.15. The number of carbonyl (C=O) groups excluding carboxylic acids is 1. The predicted octanol–water partition coefficient (Wildman–Crippen LogP) is 2.24. The zero-order chi connectivity index (χ0) is 15.2. The molecule has 1 amide bonds. The lowest BCUT2D eigenvalue weighted by Crippen LogP contribution is -2.22. The largest absolute Gasteiger partial charge is 0.496 e. The summed E-state index contributed by atoms with van der Waals surface area (Å²) in [6, 6.07) is 6.72. The Morgan fingerprint density at radius 2 is 1.81 bits per heavy atom. The first kappa shape index (κ1) is 14.8. The molecule has 0 aliphatic carbocycles. The van der Waals surface area contributed by atoms with Crippen LogP contribution < -0.4 is 19.5 Å². The van der Waals surface area contributed by atoms with Gasteiger partial charge in [0.15, 0.2) is 5.76 Å². The van der Waals surface area contributed by atoms with Gasteiger partial charge in [0, 0.05) is 12.1 Å². The van der Waals surface area contributed by atoms with Crippen LogP contribution in [0, 0.1) is 0 Å².